The molecule has 0 bridgehead atoms. The number of rotatable bonds is 2. The quantitative estimate of drug-likeness (QED) is 0.794. The summed E-state index contributed by atoms with van der Waals surface area (Å²) in [5.41, 5.74) is 1.17. The summed E-state index contributed by atoms with van der Waals surface area (Å²) >= 11 is 0. The number of fused-ring (bicyclic) bond motifs is 2. The van der Waals surface area contributed by atoms with Gasteiger partial charge in [0.15, 0.2) is 0 Å². The number of likely N-dealkylation sites (N-methyl/N-ethyl adjacent to an activating group) is 1. The molecule has 0 aliphatic carbocycles. The van der Waals surface area contributed by atoms with E-state index in [1.165, 1.54) is 9.87 Å². The molecule has 3 heterocycles. The summed E-state index contributed by atoms with van der Waals surface area (Å²) in [5.74, 6) is 0.465. The van der Waals surface area contributed by atoms with Gasteiger partial charge in [-0.2, -0.15) is 9.40 Å². The van der Waals surface area contributed by atoms with Gasteiger partial charge in [0.25, 0.3) is 0 Å². The third-order valence-corrected chi connectivity index (χ3v) is 7.24. The predicted octanol–water partition coefficient (Wildman–Crippen LogP) is 1.47. The van der Waals surface area contributed by atoms with Crippen molar-refractivity contribution in [1.29, 1.82) is 0 Å². The molecular weight excluding hydrogens is 352 g/mol. The number of sulfonamides is 1. The minimum atomic E-state index is -3.54. The zero-order valence-electron chi connectivity index (χ0n) is 15.1. The van der Waals surface area contributed by atoms with Crippen LogP contribution in [0.1, 0.15) is 18.4 Å². The molecule has 1 fully saturated rings. The van der Waals surface area contributed by atoms with Gasteiger partial charge in [-0.1, -0.05) is 12.1 Å². The maximum atomic E-state index is 13.0. The molecule has 2 aromatic rings. The van der Waals surface area contributed by atoms with Gasteiger partial charge in [0.1, 0.15) is 16.7 Å². The lowest BCUT2D eigenvalue weighted by molar-refractivity contribution is 0.122. The van der Waals surface area contributed by atoms with Gasteiger partial charge in [0.2, 0.25) is 10.0 Å². The molecule has 0 N–H and O–H groups in total. The topological polar surface area (TPSA) is 67.7 Å². The van der Waals surface area contributed by atoms with Crippen molar-refractivity contribution in [3.05, 3.63) is 42.2 Å². The van der Waals surface area contributed by atoms with Crippen molar-refractivity contribution in [2.24, 2.45) is 7.05 Å². The van der Waals surface area contributed by atoms with Crippen molar-refractivity contribution >= 4 is 10.0 Å². The molecular formula is C18H24N4O3S. The Morgan fingerprint density at radius 1 is 1.19 bits per heavy atom. The van der Waals surface area contributed by atoms with Gasteiger partial charge in [0.05, 0.1) is 12.2 Å². The molecule has 1 saturated heterocycles. The molecule has 0 amide bonds. The third kappa shape index (κ3) is 3.13. The van der Waals surface area contributed by atoms with Crippen LogP contribution in [0.2, 0.25) is 0 Å². The molecule has 4 rings (SSSR count). The maximum Gasteiger partial charge on any atom is 0.246 e. The largest absolute Gasteiger partial charge is 0.487 e. The monoisotopic (exact) mass is 376 g/mol. The van der Waals surface area contributed by atoms with E-state index in [9.17, 15) is 8.42 Å². The third-order valence-electron chi connectivity index (χ3n) is 5.32. The van der Waals surface area contributed by atoms with Crippen molar-refractivity contribution in [2.75, 3.05) is 20.1 Å². The van der Waals surface area contributed by atoms with Crippen molar-refractivity contribution in [1.82, 2.24) is 19.0 Å². The SMILES string of the molecule is CN1[C@H]2CCN(Cc3cnn(C)c3)CC[C@@H]2Oc2ccccc2S1(=O)=O. The lowest BCUT2D eigenvalue weighted by Crippen LogP contribution is -2.44. The summed E-state index contributed by atoms with van der Waals surface area (Å²) in [7, 11) is 0.0473. The fourth-order valence-corrected chi connectivity index (χ4v) is 5.42. The van der Waals surface area contributed by atoms with Crippen molar-refractivity contribution in [3.8, 4) is 5.75 Å². The Morgan fingerprint density at radius 3 is 2.73 bits per heavy atom. The molecule has 1 aromatic carbocycles. The second-order valence-corrected chi connectivity index (χ2v) is 9.03. The fraction of sp³-hybridized carbons (Fsp3) is 0.500. The number of aryl methyl sites for hydroxylation is 1. The van der Waals surface area contributed by atoms with Crippen LogP contribution in [-0.2, 0) is 23.6 Å². The number of para-hydroxylation sites is 1. The number of ether oxygens (including phenoxy) is 1. The highest BCUT2D eigenvalue weighted by Gasteiger charge is 2.41. The first kappa shape index (κ1) is 17.5. The zero-order chi connectivity index (χ0) is 18.3. The number of likely N-dealkylation sites (tertiary alicyclic amines) is 1. The molecule has 26 heavy (non-hydrogen) atoms. The fourth-order valence-electron chi connectivity index (χ4n) is 3.90. The van der Waals surface area contributed by atoms with Crippen LogP contribution in [0, 0.1) is 0 Å². The Labute approximate surface area is 154 Å². The molecule has 0 unspecified atom stereocenters. The molecule has 7 nitrogen and oxygen atoms in total. The van der Waals surface area contributed by atoms with Crippen LogP contribution in [0.15, 0.2) is 41.6 Å². The first-order valence-corrected chi connectivity index (χ1v) is 10.3. The van der Waals surface area contributed by atoms with E-state index in [0.29, 0.717) is 5.75 Å². The van der Waals surface area contributed by atoms with Gasteiger partial charge < -0.3 is 4.74 Å². The Hall–Kier alpha value is -1.90. The summed E-state index contributed by atoms with van der Waals surface area (Å²) in [6.07, 6.45) is 5.30. The normalized spacial score (nSPS) is 26.2. The minimum Gasteiger partial charge on any atom is -0.487 e. The standard InChI is InChI=1S/C18H24N4O3S/c1-20-12-14(11-19-20)13-22-9-7-15-16(8-10-22)25-17-5-3-4-6-18(17)26(23,24)21(15)2/h3-6,11-12,15-16H,7-10,13H2,1-2H3/t15-,16-/m0/s1. The highest BCUT2D eigenvalue weighted by atomic mass is 32.2. The first-order chi connectivity index (χ1) is 12.4. The van der Waals surface area contributed by atoms with Gasteiger partial charge in [-0.15, -0.1) is 0 Å². The van der Waals surface area contributed by atoms with Gasteiger partial charge >= 0.3 is 0 Å². The second kappa shape index (κ2) is 6.68. The first-order valence-electron chi connectivity index (χ1n) is 8.89. The van der Waals surface area contributed by atoms with Crippen LogP contribution in [0.5, 0.6) is 5.75 Å². The molecule has 0 spiro atoms. The van der Waals surface area contributed by atoms with E-state index in [1.807, 2.05) is 25.5 Å². The average molecular weight is 376 g/mol. The molecule has 1 aromatic heterocycles. The van der Waals surface area contributed by atoms with Crippen LogP contribution in [0.25, 0.3) is 0 Å². The Kier molecular flexibility index (Phi) is 4.50. The number of benzene rings is 1. The minimum absolute atomic E-state index is 0.141. The van der Waals surface area contributed by atoms with Crippen molar-refractivity contribution < 1.29 is 13.2 Å². The van der Waals surface area contributed by atoms with Crippen LogP contribution in [0.3, 0.4) is 0 Å². The van der Waals surface area contributed by atoms with E-state index >= 15 is 0 Å². The summed E-state index contributed by atoms with van der Waals surface area (Å²) in [6, 6.07) is 6.78. The van der Waals surface area contributed by atoms with Gasteiger partial charge in [0, 0.05) is 45.5 Å². The molecule has 0 saturated carbocycles. The summed E-state index contributed by atoms with van der Waals surface area (Å²) < 4.78 is 35.5. The summed E-state index contributed by atoms with van der Waals surface area (Å²) in [6.45, 7) is 2.52. The van der Waals surface area contributed by atoms with Crippen molar-refractivity contribution in [2.45, 2.75) is 36.4 Å². The van der Waals surface area contributed by atoms with Gasteiger partial charge in [-0.3, -0.25) is 9.58 Å². The molecule has 2 aliphatic heterocycles. The smallest absolute Gasteiger partial charge is 0.246 e. The van der Waals surface area contributed by atoms with Gasteiger partial charge in [-0.25, -0.2) is 8.42 Å². The number of aromatic nitrogens is 2. The average Bonchev–Trinajstić information content (AvgIpc) is 2.89. The summed E-state index contributed by atoms with van der Waals surface area (Å²) in [4.78, 5) is 2.62. The van der Waals surface area contributed by atoms with E-state index in [1.54, 1.807) is 29.9 Å². The Bertz CT molecular complexity index is 895. The number of hydrogen-bond acceptors (Lipinski definition) is 5. The van der Waals surface area contributed by atoms with E-state index < -0.39 is 10.0 Å². The van der Waals surface area contributed by atoms with Crippen LogP contribution < -0.4 is 4.74 Å². The number of nitrogens with zero attached hydrogens (tertiary/aromatic N) is 4. The van der Waals surface area contributed by atoms with E-state index in [0.717, 1.165) is 32.5 Å². The van der Waals surface area contributed by atoms with Crippen molar-refractivity contribution in [3.63, 3.8) is 0 Å². The molecule has 2 aliphatic rings. The Balaban J connectivity index is 1.57. The lowest BCUT2D eigenvalue weighted by Gasteiger charge is -2.28. The highest BCUT2D eigenvalue weighted by Crippen LogP contribution is 2.35. The van der Waals surface area contributed by atoms with Crippen LogP contribution in [-0.4, -0.2) is 59.7 Å². The van der Waals surface area contributed by atoms with E-state index in [-0.39, 0.29) is 17.0 Å². The molecule has 2 atom stereocenters. The van der Waals surface area contributed by atoms with Crippen LogP contribution in [0.4, 0.5) is 0 Å². The molecule has 140 valence electrons. The lowest BCUT2D eigenvalue weighted by atomic mass is 10.1. The van der Waals surface area contributed by atoms with E-state index in [4.69, 9.17) is 4.74 Å². The van der Waals surface area contributed by atoms with E-state index in [2.05, 4.69) is 10.00 Å². The molecule has 0 radical (unpaired) electrons. The van der Waals surface area contributed by atoms with Crippen LogP contribution >= 0.6 is 0 Å². The Morgan fingerprint density at radius 2 is 1.96 bits per heavy atom. The number of hydrogen-bond donors (Lipinski definition) is 0. The maximum absolute atomic E-state index is 13.0. The second-order valence-electron chi connectivity index (χ2n) is 7.07. The predicted molar refractivity (Wildman–Crippen MR) is 97.3 cm³/mol. The molecule has 8 heteroatoms. The highest BCUT2D eigenvalue weighted by molar-refractivity contribution is 7.89. The zero-order valence-corrected chi connectivity index (χ0v) is 15.9. The van der Waals surface area contributed by atoms with Gasteiger partial charge in [-0.05, 0) is 25.0 Å². The summed E-state index contributed by atoms with van der Waals surface area (Å²) in [5, 5.41) is 4.22.